The minimum absolute atomic E-state index is 0.0524. The zero-order valence-corrected chi connectivity index (χ0v) is 15.3. The van der Waals surface area contributed by atoms with E-state index in [1.54, 1.807) is 4.90 Å². The molecule has 1 saturated heterocycles. The Kier molecular flexibility index (Phi) is 6.36. The molecule has 1 aliphatic heterocycles. The number of carbonyl (C=O) groups excluding carboxylic acids is 1. The number of anilines is 1. The van der Waals surface area contributed by atoms with Gasteiger partial charge in [-0.2, -0.15) is 0 Å². The van der Waals surface area contributed by atoms with E-state index in [2.05, 4.69) is 26.2 Å². The Morgan fingerprint density at radius 2 is 2.17 bits per heavy atom. The quantitative estimate of drug-likeness (QED) is 0.600. The first-order valence-corrected chi connectivity index (χ1v) is 8.64. The summed E-state index contributed by atoms with van der Waals surface area (Å²) in [5.74, 6) is 0.303. The Bertz CT molecular complexity index is 603. The van der Waals surface area contributed by atoms with Crippen molar-refractivity contribution in [1.29, 1.82) is 0 Å². The fourth-order valence-electron chi connectivity index (χ4n) is 2.45. The third kappa shape index (κ3) is 4.80. The average Bonchev–Trinajstić information content (AvgIpc) is 2.55. The number of hydrogen-bond donors (Lipinski definition) is 1. The predicted molar refractivity (Wildman–Crippen MR) is 93.0 cm³/mol. The molecule has 24 heavy (non-hydrogen) atoms. The summed E-state index contributed by atoms with van der Waals surface area (Å²) >= 11 is 3.30. The fraction of sp³-hybridized carbons (Fsp3) is 0.600. The van der Waals surface area contributed by atoms with Gasteiger partial charge in [-0.25, -0.2) is 4.79 Å². The largest absolute Gasteiger partial charge is 0.449 e. The van der Waals surface area contributed by atoms with Gasteiger partial charge in [-0.15, -0.1) is 0 Å². The smallest absolute Gasteiger partial charge is 0.409 e. The predicted octanol–water partition coefficient (Wildman–Crippen LogP) is 3.42. The maximum Gasteiger partial charge on any atom is 0.409 e. The van der Waals surface area contributed by atoms with Crippen LogP contribution in [0.5, 0.6) is 0 Å². The first-order valence-electron chi connectivity index (χ1n) is 7.84. The summed E-state index contributed by atoms with van der Waals surface area (Å²) in [4.78, 5) is 28.1. The van der Waals surface area contributed by atoms with Crippen LogP contribution in [-0.4, -0.2) is 46.6 Å². The number of halogens is 1. The summed E-state index contributed by atoms with van der Waals surface area (Å²) in [5.41, 5.74) is 0.360. The Balaban J connectivity index is 1.92. The summed E-state index contributed by atoms with van der Waals surface area (Å²) < 4.78 is 5.78. The Morgan fingerprint density at radius 1 is 1.50 bits per heavy atom. The zero-order chi connectivity index (χ0) is 17.7. The molecule has 9 heteroatoms. The Labute approximate surface area is 148 Å². The lowest BCUT2D eigenvalue weighted by Gasteiger charge is -2.32. The molecular weight excluding hydrogens is 380 g/mol. The van der Waals surface area contributed by atoms with Crippen molar-refractivity contribution >= 4 is 33.4 Å². The van der Waals surface area contributed by atoms with Crippen LogP contribution in [0.3, 0.4) is 0 Å². The zero-order valence-electron chi connectivity index (χ0n) is 13.7. The summed E-state index contributed by atoms with van der Waals surface area (Å²) in [5, 5.41) is 14.3. The maximum absolute atomic E-state index is 11.9. The van der Waals surface area contributed by atoms with Crippen molar-refractivity contribution in [3.8, 4) is 0 Å². The van der Waals surface area contributed by atoms with Gasteiger partial charge in [0.2, 0.25) is 0 Å². The normalized spacial score (nSPS) is 15.4. The molecule has 2 rings (SSSR count). The second-order valence-electron chi connectivity index (χ2n) is 6.15. The Hall–Kier alpha value is -1.90. The second kappa shape index (κ2) is 8.27. The number of nitro groups is 1. The number of likely N-dealkylation sites (tertiary alicyclic amines) is 1. The van der Waals surface area contributed by atoms with Gasteiger partial charge in [0.05, 0.1) is 16.0 Å². The van der Waals surface area contributed by atoms with Crippen LogP contribution in [0.15, 0.2) is 16.9 Å². The van der Waals surface area contributed by atoms with Crippen molar-refractivity contribution in [2.75, 3.05) is 25.0 Å². The minimum atomic E-state index is -0.460. The molecule has 1 aliphatic rings. The van der Waals surface area contributed by atoms with Gasteiger partial charge >= 0.3 is 11.8 Å². The molecule has 0 unspecified atom stereocenters. The first kappa shape index (κ1) is 18.4. The van der Waals surface area contributed by atoms with E-state index in [9.17, 15) is 14.9 Å². The number of nitrogens with zero attached hydrogens (tertiary/aromatic N) is 3. The molecule has 8 nitrogen and oxygen atoms in total. The number of aromatic nitrogens is 1. The molecule has 1 fully saturated rings. The number of hydrogen-bond acceptors (Lipinski definition) is 6. The molecule has 0 bridgehead atoms. The van der Waals surface area contributed by atoms with Gasteiger partial charge in [-0.1, -0.05) is 13.8 Å². The molecule has 0 radical (unpaired) electrons. The number of ether oxygens (including phenoxy) is 1. The number of nitrogens with one attached hydrogen (secondary N) is 1. The van der Waals surface area contributed by atoms with Crippen LogP contribution in [0.2, 0.25) is 0 Å². The molecule has 1 aromatic heterocycles. The summed E-state index contributed by atoms with van der Waals surface area (Å²) in [6.07, 6.45) is 3.85. The SMILES string of the molecule is CC(C)COC(=O)N1CCC(Nc2c(Br)cncc2[N+](=O)[O-])CC1. The van der Waals surface area contributed by atoms with E-state index in [0.717, 1.165) is 0 Å². The van der Waals surface area contributed by atoms with E-state index >= 15 is 0 Å². The van der Waals surface area contributed by atoms with Gasteiger partial charge in [-0.05, 0) is 34.7 Å². The van der Waals surface area contributed by atoms with Crippen molar-refractivity contribution < 1.29 is 14.5 Å². The van der Waals surface area contributed by atoms with Crippen LogP contribution in [0.1, 0.15) is 26.7 Å². The molecular formula is C15H21BrN4O4. The highest BCUT2D eigenvalue weighted by Gasteiger charge is 2.26. The van der Waals surface area contributed by atoms with Crippen molar-refractivity contribution in [3.63, 3.8) is 0 Å². The molecule has 2 heterocycles. The number of pyridine rings is 1. The highest BCUT2D eigenvalue weighted by molar-refractivity contribution is 9.10. The average molecular weight is 401 g/mol. The summed E-state index contributed by atoms with van der Waals surface area (Å²) in [6, 6.07) is 0.0524. The molecule has 132 valence electrons. The van der Waals surface area contributed by atoms with Crippen molar-refractivity contribution in [2.45, 2.75) is 32.7 Å². The van der Waals surface area contributed by atoms with Crippen LogP contribution >= 0.6 is 15.9 Å². The van der Waals surface area contributed by atoms with Gasteiger partial charge in [-0.3, -0.25) is 15.1 Å². The van der Waals surface area contributed by atoms with Gasteiger partial charge in [0.15, 0.2) is 0 Å². The van der Waals surface area contributed by atoms with Crippen LogP contribution in [0.25, 0.3) is 0 Å². The fourth-order valence-corrected chi connectivity index (χ4v) is 2.88. The number of carbonyl (C=O) groups is 1. The molecule has 0 atom stereocenters. The van der Waals surface area contributed by atoms with E-state index in [4.69, 9.17) is 4.74 Å². The van der Waals surface area contributed by atoms with Crippen molar-refractivity contribution in [1.82, 2.24) is 9.88 Å². The van der Waals surface area contributed by atoms with E-state index in [1.165, 1.54) is 12.4 Å². The molecule has 1 N–H and O–H groups in total. The molecule has 0 spiro atoms. The highest BCUT2D eigenvalue weighted by atomic mass is 79.9. The van der Waals surface area contributed by atoms with Crippen LogP contribution < -0.4 is 5.32 Å². The van der Waals surface area contributed by atoms with Gasteiger partial charge < -0.3 is 15.0 Å². The third-order valence-electron chi connectivity index (χ3n) is 3.72. The topological polar surface area (TPSA) is 97.6 Å². The minimum Gasteiger partial charge on any atom is -0.449 e. The molecule has 1 aromatic rings. The molecule has 0 saturated carbocycles. The summed E-state index contributed by atoms with van der Waals surface area (Å²) in [6.45, 7) is 5.51. The lowest BCUT2D eigenvalue weighted by molar-refractivity contribution is -0.384. The standard InChI is InChI=1S/C15H21BrN4O4/c1-10(2)9-24-15(21)19-5-3-11(4-6-19)18-14-12(16)7-17-8-13(14)20(22)23/h7-8,10-11H,3-6,9H2,1-2H3,(H,17,18). The van der Waals surface area contributed by atoms with E-state index in [1.807, 2.05) is 13.8 Å². The lowest BCUT2D eigenvalue weighted by Crippen LogP contribution is -2.43. The number of piperidine rings is 1. The van der Waals surface area contributed by atoms with Gasteiger partial charge in [0.25, 0.3) is 0 Å². The van der Waals surface area contributed by atoms with Crippen molar-refractivity contribution in [3.05, 3.63) is 27.0 Å². The Morgan fingerprint density at radius 3 is 2.75 bits per heavy atom. The van der Waals surface area contributed by atoms with Crippen LogP contribution in [0.4, 0.5) is 16.2 Å². The van der Waals surface area contributed by atoms with Gasteiger partial charge in [0.1, 0.15) is 11.9 Å². The van der Waals surface area contributed by atoms with Crippen LogP contribution in [0, 0.1) is 16.0 Å². The molecule has 0 aromatic carbocycles. The first-order chi connectivity index (χ1) is 11.4. The second-order valence-corrected chi connectivity index (χ2v) is 7.00. The highest BCUT2D eigenvalue weighted by Crippen LogP contribution is 2.32. The van der Waals surface area contributed by atoms with Crippen molar-refractivity contribution in [2.24, 2.45) is 5.92 Å². The van der Waals surface area contributed by atoms with E-state index in [-0.39, 0.29) is 17.8 Å². The molecule has 0 aliphatic carbocycles. The number of rotatable bonds is 5. The number of amides is 1. The summed E-state index contributed by atoms with van der Waals surface area (Å²) in [7, 11) is 0. The molecule has 1 amide bonds. The third-order valence-corrected chi connectivity index (χ3v) is 4.32. The van der Waals surface area contributed by atoms with Gasteiger partial charge in [0, 0.05) is 25.3 Å². The lowest BCUT2D eigenvalue weighted by atomic mass is 10.0. The van der Waals surface area contributed by atoms with Crippen LogP contribution in [-0.2, 0) is 4.74 Å². The van der Waals surface area contributed by atoms with E-state index < -0.39 is 4.92 Å². The monoisotopic (exact) mass is 400 g/mol. The maximum atomic E-state index is 11.9. The van der Waals surface area contributed by atoms with E-state index in [0.29, 0.717) is 48.6 Å².